The van der Waals surface area contributed by atoms with Gasteiger partial charge in [-0.25, -0.2) is 0 Å². The summed E-state index contributed by atoms with van der Waals surface area (Å²) in [6.07, 6.45) is 27.6. The van der Waals surface area contributed by atoms with Crippen LogP contribution >= 0.6 is 0 Å². The lowest BCUT2D eigenvalue weighted by atomic mass is 9.98. The molecule has 2 heterocycles. The van der Waals surface area contributed by atoms with Gasteiger partial charge in [0.05, 0.1) is 19.8 Å². The number of aliphatic hydroxyl groups excluding tert-OH is 7. The first-order chi connectivity index (χ1) is 34.0. The number of esters is 2. The highest BCUT2D eigenvalue weighted by Gasteiger charge is 2.47. The van der Waals surface area contributed by atoms with Gasteiger partial charge >= 0.3 is 11.9 Å². The maximum absolute atomic E-state index is 13.0. The zero-order chi connectivity index (χ0) is 51.0. The normalized spacial score (nSPS) is 25.5. The molecule has 11 unspecified atom stereocenters. The van der Waals surface area contributed by atoms with Gasteiger partial charge in [-0.1, -0.05) is 167 Å². The molecule has 0 aliphatic carbocycles. The summed E-state index contributed by atoms with van der Waals surface area (Å²) in [5.74, 6) is -0.927. The predicted molar refractivity (Wildman–Crippen MR) is 271 cm³/mol. The maximum Gasteiger partial charge on any atom is 0.306 e. The first-order valence-corrected chi connectivity index (χ1v) is 27.9. The van der Waals surface area contributed by atoms with Crippen LogP contribution in [0, 0.1) is 0 Å². The highest BCUT2D eigenvalue weighted by atomic mass is 16.7. The van der Waals surface area contributed by atoms with Crippen LogP contribution in [0.5, 0.6) is 0 Å². The van der Waals surface area contributed by atoms with Gasteiger partial charge in [-0.15, -0.1) is 0 Å². The number of carbonyl (C=O) groups excluding carboxylic acids is 2. The molecule has 0 spiro atoms. The third kappa shape index (κ3) is 29.6. The summed E-state index contributed by atoms with van der Waals surface area (Å²) < 4.78 is 33.7. The molecule has 15 heteroatoms. The van der Waals surface area contributed by atoms with Crippen LogP contribution < -0.4 is 0 Å². The van der Waals surface area contributed by atoms with Crippen molar-refractivity contribution < 1.29 is 73.8 Å². The lowest BCUT2D eigenvalue weighted by Gasteiger charge is -2.42. The molecule has 2 rings (SSSR count). The molecular formula is C55H100O15. The minimum Gasteiger partial charge on any atom is -0.462 e. The fourth-order valence-electron chi connectivity index (χ4n) is 8.80. The Bertz CT molecular complexity index is 1310. The molecular weight excluding hydrogens is 901 g/mol. The molecule has 0 bridgehead atoms. The van der Waals surface area contributed by atoms with Gasteiger partial charge in [0, 0.05) is 12.8 Å². The van der Waals surface area contributed by atoms with Gasteiger partial charge in [0.15, 0.2) is 18.7 Å². The fourth-order valence-corrected chi connectivity index (χ4v) is 8.80. The lowest BCUT2D eigenvalue weighted by Crippen LogP contribution is -2.61. The van der Waals surface area contributed by atoms with Crippen LogP contribution in [-0.4, -0.2) is 142 Å². The highest BCUT2D eigenvalue weighted by molar-refractivity contribution is 5.70. The first-order valence-electron chi connectivity index (χ1n) is 27.9. The molecule has 0 aromatic rings. The van der Waals surface area contributed by atoms with E-state index in [4.69, 9.17) is 28.4 Å². The van der Waals surface area contributed by atoms with Crippen molar-refractivity contribution in [2.24, 2.45) is 0 Å². The summed E-state index contributed by atoms with van der Waals surface area (Å²) in [5.41, 5.74) is 0. The van der Waals surface area contributed by atoms with E-state index in [1.165, 1.54) is 122 Å². The third-order valence-electron chi connectivity index (χ3n) is 13.4. The average Bonchev–Trinajstić information content (AvgIpc) is 3.35. The first kappa shape index (κ1) is 64.1. The van der Waals surface area contributed by atoms with Crippen molar-refractivity contribution in [3.8, 4) is 0 Å². The number of aliphatic hydroxyl groups is 7. The van der Waals surface area contributed by atoms with E-state index in [-0.39, 0.29) is 26.1 Å². The number of ether oxygens (including phenoxy) is 6. The van der Waals surface area contributed by atoms with Crippen molar-refractivity contribution in [1.82, 2.24) is 0 Å². The molecule has 0 aromatic carbocycles. The molecule has 2 fully saturated rings. The number of rotatable bonds is 44. The summed E-state index contributed by atoms with van der Waals surface area (Å²) in [6.45, 7) is 2.60. The van der Waals surface area contributed by atoms with Crippen molar-refractivity contribution in [2.75, 3.05) is 26.4 Å². The fraction of sp³-hybridized carbons (Fsp3) is 0.891. The molecule has 2 aliphatic heterocycles. The van der Waals surface area contributed by atoms with Crippen LogP contribution in [0.15, 0.2) is 24.3 Å². The third-order valence-corrected chi connectivity index (χ3v) is 13.4. The van der Waals surface area contributed by atoms with E-state index >= 15 is 0 Å². The van der Waals surface area contributed by atoms with Crippen molar-refractivity contribution in [2.45, 2.75) is 287 Å². The van der Waals surface area contributed by atoms with E-state index in [1.54, 1.807) is 0 Å². The topological polar surface area (TPSA) is 231 Å². The Morgan fingerprint density at radius 2 is 0.814 bits per heavy atom. The summed E-state index contributed by atoms with van der Waals surface area (Å²) in [5, 5.41) is 72.2. The second-order valence-corrected chi connectivity index (χ2v) is 19.8. The van der Waals surface area contributed by atoms with Crippen LogP contribution in [0.3, 0.4) is 0 Å². The Morgan fingerprint density at radius 1 is 0.443 bits per heavy atom. The van der Waals surface area contributed by atoms with E-state index in [9.17, 15) is 45.3 Å². The van der Waals surface area contributed by atoms with E-state index in [0.29, 0.717) is 12.8 Å². The van der Waals surface area contributed by atoms with Gasteiger partial charge in [-0.3, -0.25) is 9.59 Å². The maximum atomic E-state index is 13.0. The van der Waals surface area contributed by atoms with Crippen molar-refractivity contribution >= 4 is 11.9 Å². The largest absolute Gasteiger partial charge is 0.462 e. The van der Waals surface area contributed by atoms with Crippen molar-refractivity contribution in [1.29, 1.82) is 0 Å². The Balaban J connectivity index is 1.78. The molecule has 410 valence electrons. The van der Waals surface area contributed by atoms with Crippen LogP contribution in [0.4, 0.5) is 0 Å². The monoisotopic (exact) mass is 1000 g/mol. The summed E-state index contributed by atoms with van der Waals surface area (Å²) in [6, 6.07) is 0. The molecule has 15 nitrogen and oxygen atoms in total. The molecule has 2 saturated heterocycles. The molecule has 0 saturated carbocycles. The van der Waals surface area contributed by atoms with Gasteiger partial charge < -0.3 is 64.2 Å². The number of hydrogen-bond donors (Lipinski definition) is 7. The van der Waals surface area contributed by atoms with Crippen molar-refractivity contribution in [3.63, 3.8) is 0 Å². The zero-order valence-corrected chi connectivity index (χ0v) is 43.5. The number of unbranched alkanes of at least 4 members (excludes halogenated alkanes) is 26. The molecule has 0 amide bonds. The van der Waals surface area contributed by atoms with E-state index in [2.05, 4.69) is 38.2 Å². The van der Waals surface area contributed by atoms with Gasteiger partial charge in [0.2, 0.25) is 0 Å². The second kappa shape index (κ2) is 42.3. The highest BCUT2D eigenvalue weighted by Crippen LogP contribution is 2.27. The van der Waals surface area contributed by atoms with Crippen LogP contribution in [0.25, 0.3) is 0 Å². The van der Waals surface area contributed by atoms with E-state index < -0.39 is 92.7 Å². The quantitative estimate of drug-likeness (QED) is 0.0172. The molecule has 2 aliphatic rings. The van der Waals surface area contributed by atoms with Gasteiger partial charge in [0.1, 0.15) is 55.4 Å². The number of hydrogen-bond acceptors (Lipinski definition) is 15. The molecule has 0 radical (unpaired) electrons. The van der Waals surface area contributed by atoms with Crippen LogP contribution in [0.1, 0.15) is 219 Å². The van der Waals surface area contributed by atoms with E-state index in [1.807, 2.05) is 0 Å². The second-order valence-electron chi connectivity index (χ2n) is 19.8. The average molecular weight is 1000 g/mol. The Labute approximate surface area is 422 Å². The number of carbonyl (C=O) groups is 2. The van der Waals surface area contributed by atoms with Gasteiger partial charge in [-0.05, 0) is 64.2 Å². The van der Waals surface area contributed by atoms with Crippen LogP contribution in [0.2, 0.25) is 0 Å². The molecule has 11 atom stereocenters. The van der Waals surface area contributed by atoms with Gasteiger partial charge in [-0.2, -0.15) is 0 Å². The summed E-state index contributed by atoms with van der Waals surface area (Å²) in [4.78, 5) is 25.8. The van der Waals surface area contributed by atoms with Crippen molar-refractivity contribution in [3.05, 3.63) is 24.3 Å². The minimum absolute atomic E-state index is 0.161. The SMILES string of the molecule is CCCCCCCC/C=C\CCCCCCCCCC(=O)OCC(COC1OC(COC2OC(CO)C(O)C(O)C2O)C(O)C(O)C1O)OC(=O)CCCCCCCCC/C=C\CCCCCCCC. The summed E-state index contributed by atoms with van der Waals surface area (Å²) >= 11 is 0. The zero-order valence-electron chi connectivity index (χ0n) is 43.5. The Hall–Kier alpha value is -2.02. The minimum atomic E-state index is -1.76. The summed E-state index contributed by atoms with van der Waals surface area (Å²) in [7, 11) is 0. The Morgan fingerprint density at radius 3 is 1.26 bits per heavy atom. The lowest BCUT2D eigenvalue weighted by molar-refractivity contribution is -0.332. The standard InChI is InChI=1S/C55H100O15/c1-3-5-7-9-11-13-15-17-19-21-23-25-27-29-31-33-35-37-46(57)65-40-43(68-47(58)38-36-34-32-30-28-26-24-22-20-18-16-14-12-10-8-6-4-2)41-66-54-53(64)51(62)49(60)45(70-54)42-67-55-52(63)50(61)48(59)44(39-56)69-55/h17-20,43-45,48-56,59-64H,3-16,21-42H2,1-2H3/b19-17-,20-18-. The Kier molecular flexibility index (Phi) is 38.8. The smallest absolute Gasteiger partial charge is 0.306 e. The van der Waals surface area contributed by atoms with Gasteiger partial charge in [0.25, 0.3) is 0 Å². The van der Waals surface area contributed by atoms with Crippen LogP contribution in [-0.2, 0) is 38.0 Å². The number of allylic oxidation sites excluding steroid dienone is 4. The van der Waals surface area contributed by atoms with E-state index in [0.717, 1.165) is 57.8 Å². The molecule has 0 aromatic heterocycles. The predicted octanol–water partition coefficient (Wildman–Crippen LogP) is 8.72. The molecule has 7 N–H and O–H groups in total. The molecule has 70 heavy (non-hydrogen) atoms.